The molecule has 0 amide bonds. The highest BCUT2D eigenvalue weighted by Crippen LogP contribution is 2.29. The van der Waals surface area contributed by atoms with E-state index < -0.39 is 0 Å². The fourth-order valence-electron chi connectivity index (χ4n) is 2.17. The van der Waals surface area contributed by atoms with E-state index in [-0.39, 0.29) is 11.9 Å². The lowest BCUT2D eigenvalue weighted by Crippen LogP contribution is -2.08. The highest BCUT2D eigenvalue weighted by molar-refractivity contribution is 5.65. The average Bonchev–Trinajstić information content (AvgIpc) is 2.55. The van der Waals surface area contributed by atoms with Crippen LogP contribution in [0, 0.1) is 5.82 Å². The van der Waals surface area contributed by atoms with Gasteiger partial charge in [-0.15, -0.1) is 0 Å². The minimum Gasteiger partial charge on any atom is -0.490 e. The lowest BCUT2D eigenvalue weighted by atomic mass is 10.2. The van der Waals surface area contributed by atoms with Gasteiger partial charge in [-0.25, -0.2) is 14.4 Å². The van der Waals surface area contributed by atoms with E-state index in [0.29, 0.717) is 23.1 Å². The molecule has 0 saturated carbocycles. The minimum atomic E-state index is -0.369. The van der Waals surface area contributed by atoms with Crippen molar-refractivity contribution in [2.24, 2.45) is 0 Å². The van der Waals surface area contributed by atoms with Gasteiger partial charge in [0, 0.05) is 11.8 Å². The Hall–Kier alpha value is -3.02. The topological polar surface area (TPSA) is 59.9 Å². The lowest BCUT2D eigenvalue weighted by molar-refractivity contribution is 0.242. The Balaban J connectivity index is 1.94. The summed E-state index contributed by atoms with van der Waals surface area (Å²) in [5.74, 6) is 0.859. The van der Waals surface area contributed by atoms with E-state index in [2.05, 4.69) is 20.3 Å². The number of benzene rings is 2. The second-order valence-corrected chi connectivity index (χ2v) is 5.43. The maximum atomic E-state index is 13.5. The Morgan fingerprint density at radius 3 is 2.58 bits per heavy atom. The number of nitrogens with zero attached hydrogens (tertiary/aromatic N) is 3. The van der Waals surface area contributed by atoms with E-state index in [9.17, 15) is 4.39 Å². The number of para-hydroxylation sites is 1. The molecule has 0 unspecified atom stereocenters. The first-order valence-corrected chi connectivity index (χ1v) is 7.59. The fraction of sp³-hybridized carbons (Fsp3) is 0.167. The first-order chi connectivity index (χ1) is 11.6. The zero-order valence-corrected chi connectivity index (χ0v) is 13.4. The summed E-state index contributed by atoms with van der Waals surface area (Å²) in [7, 11) is 0. The molecule has 6 heteroatoms. The summed E-state index contributed by atoms with van der Waals surface area (Å²) in [5.41, 5.74) is 1.48. The summed E-state index contributed by atoms with van der Waals surface area (Å²) in [6, 6.07) is 13.9. The number of halogens is 1. The smallest absolute Gasteiger partial charge is 0.230 e. The van der Waals surface area contributed by atoms with Crippen LogP contribution < -0.4 is 10.1 Å². The van der Waals surface area contributed by atoms with Gasteiger partial charge in [0.25, 0.3) is 0 Å². The Kier molecular flexibility index (Phi) is 4.65. The Morgan fingerprint density at radius 1 is 1.04 bits per heavy atom. The molecule has 0 spiro atoms. The molecular weight excluding hydrogens is 307 g/mol. The molecule has 3 rings (SSSR count). The molecule has 3 aromatic rings. The molecule has 0 atom stereocenters. The van der Waals surface area contributed by atoms with Crippen LogP contribution in [0.25, 0.3) is 11.4 Å². The van der Waals surface area contributed by atoms with E-state index in [4.69, 9.17) is 4.74 Å². The normalized spacial score (nSPS) is 10.7. The van der Waals surface area contributed by atoms with Crippen molar-refractivity contribution >= 4 is 11.6 Å². The van der Waals surface area contributed by atoms with Gasteiger partial charge in [-0.3, -0.25) is 0 Å². The first-order valence-electron chi connectivity index (χ1n) is 7.59. The van der Waals surface area contributed by atoms with Gasteiger partial charge in [-0.1, -0.05) is 18.2 Å². The SMILES string of the molecule is CC(C)Oc1cc(F)ccc1-c1ncnc(Nc2ccccc2)n1. The van der Waals surface area contributed by atoms with Crippen LogP contribution in [0.2, 0.25) is 0 Å². The van der Waals surface area contributed by atoms with E-state index in [0.717, 1.165) is 5.69 Å². The molecule has 1 N–H and O–H groups in total. The Bertz CT molecular complexity index is 824. The molecular formula is C18H17FN4O. The monoisotopic (exact) mass is 324 g/mol. The summed E-state index contributed by atoms with van der Waals surface area (Å²) in [6.07, 6.45) is 1.32. The molecule has 0 saturated heterocycles. The minimum absolute atomic E-state index is 0.0886. The largest absolute Gasteiger partial charge is 0.490 e. The molecule has 1 heterocycles. The van der Waals surface area contributed by atoms with Crippen LogP contribution in [0.5, 0.6) is 5.75 Å². The summed E-state index contributed by atoms with van der Waals surface area (Å²) in [4.78, 5) is 12.7. The van der Waals surface area contributed by atoms with Crippen molar-refractivity contribution in [1.82, 2.24) is 15.0 Å². The van der Waals surface area contributed by atoms with Gasteiger partial charge >= 0.3 is 0 Å². The highest BCUT2D eigenvalue weighted by Gasteiger charge is 2.13. The zero-order valence-electron chi connectivity index (χ0n) is 13.4. The lowest BCUT2D eigenvalue weighted by Gasteiger charge is -2.14. The van der Waals surface area contributed by atoms with Gasteiger partial charge in [-0.2, -0.15) is 4.98 Å². The third kappa shape index (κ3) is 3.84. The molecule has 122 valence electrons. The molecule has 2 aromatic carbocycles. The van der Waals surface area contributed by atoms with E-state index in [1.165, 1.54) is 18.5 Å². The standard InChI is InChI=1S/C18H17FN4O/c1-12(2)24-16-10-13(19)8-9-15(16)17-20-11-21-18(23-17)22-14-6-4-3-5-7-14/h3-12H,1-2H3,(H,20,21,22,23). The van der Waals surface area contributed by atoms with Crippen LogP contribution in [-0.4, -0.2) is 21.1 Å². The second kappa shape index (κ2) is 7.04. The molecule has 0 bridgehead atoms. The molecule has 24 heavy (non-hydrogen) atoms. The Labute approximate surface area is 139 Å². The number of ether oxygens (including phenoxy) is 1. The van der Waals surface area contributed by atoms with Crippen molar-refractivity contribution in [1.29, 1.82) is 0 Å². The van der Waals surface area contributed by atoms with Crippen molar-refractivity contribution in [2.75, 3.05) is 5.32 Å². The van der Waals surface area contributed by atoms with Gasteiger partial charge in [0.1, 0.15) is 17.9 Å². The molecule has 1 aromatic heterocycles. The third-order valence-electron chi connectivity index (χ3n) is 3.15. The number of hydrogen-bond acceptors (Lipinski definition) is 5. The first kappa shape index (κ1) is 15.9. The van der Waals surface area contributed by atoms with Gasteiger partial charge in [0.15, 0.2) is 5.82 Å². The van der Waals surface area contributed by atoms with Crippen molar-refractivity contribution in [2.45, 2.75) is 20.0 Å². The van der Waals surface area contributed by atoms with Gasteiger partial charge in [-0.05, 0) is 38.1 Å². The van der Waals surface area contributed by atoms with Gasteiger partial charge in [0.05, 0.1) is 11.7 Å². The van der Waals surface area contributed by atoms with Crippen molar-refractivity contribution in [3.63, 3.8) is 0 Å². The molecule has 0 aliphatic heterocycles. The van der Waals surface area contributed by atoms with Crippen LogP contribution in [-0.2, 0) is 0 Å². The van der Waals surface area contributed by atoms with Crippen LogP contribution in [0.3, 0.4) is 0 Å². The van der Waals surface area contributed by atoms with Crippen molar-refractivity contribution < 1.29 is 9.13 Å². The Morgan fingerprint density at radius 2 is 1.83 bits per heavy atom. The number of hydrogen-bond donors (Lipinski definition) is 1. The number of rotatable bonds is 5. The third-order valence-corrected chi connectivity index (χ3v) is 3.15. The summed E-state index contributed by atoms with van der Waals surface area (Å²) < 4.78 is 19.2. The zero-order chi connectivity index (χ0) is 16.9. The molecule has 5 nitrogen and oxygen atoms in total. The van der Waals surface area contributed by atoms with Gasteiger partial charge < -0.3 is 10.1 Å². The maximum Gasteiger partial charge on any atom is 0.230 e. The average molecular weight is 324 g/mol. The quantitative estimate of drug-likeness (QED) is 0.762. The predicted octanol–water partition coefficient (Wildman–Crippen LogP) is 4.21. The summed E-state index contributed by atoms with van der Waals surface area (Å²) in [5, 5.41) is 3.11. The maximum absolute atomic E-state index is 13.5. The van der Waals surface area contributed by atoms with Crippen LogP contribution in [0.15, 0.2) is 54.9 Å². The molecule has 0 aliphatic rings. The number of nitrogens with one attached hydrogen (secondary N) is 1. The number of aromatic nitrogens is 3. The number of anilines is 2. The van der Waals surface area contributed by atoms with Crippen molar-refractivity contribution in [3.05, 3.63) is 60.7 Å². The van der Waals surface area contributed by atoms with E-state index in [1.807, 2.05) is 44.2 Å². The van der Waals surface area contributed by atoms with Crippen LogP contribution in [0.4, 0.5) is 16.0 Å². The molecule has 0 aliphatic carbocycles. The predicted molar refractivity (Wildman–Crippen MR) is 90.7 cm³/mol. The fourth-order valence-corrected chi connectivity index (χ4v) is 2.17. The molecule has 0 fully saturated rings. The van der Waals surface area contributed by atoms with Crippen molar-refractivity contribution in [3.8, 4) is 17.1 Å². The van der Waals surface area contributed by atoms with Gasteiger partial charge in [0.2, 0.25) is 5.95 Å². The summed E-state index contributed by atoms with van der Waals surface area (Å²) >= 11 is 0. The highest BCUT2D eigenvalue weighted by atomic mass is 19.1. The van der Waals surface area contributed by atoms with E-state index in [1.54, 1.807) is 6.07 Å². The summed E-state index contributed by atoms with van der Waals surface area (Å²) in [6.45, 7) is 3.76. The van der Waals surface area contributed by atoms with E-state index >= 15 is 0 Å². The van der Waals surface area contributed by atoms with Crippen LogP contribution in [0.1, 0.15) is 13.8 Å². The van der Waals surface area contributed by atoms with Crippen LogP contribution >= 0.6 is 0 Å². The molecule has 0 radical (unpaired) electrons. The second-order valence-electron chi connectivity index (χ2n) is 5.43.